The average Bonchev–Trinajstić information content (AvgIpc) is 2.94. The molecule has 0 saturated carbocycles. The summed E-state index contributed by atoms with van der Waals surface area (Å²) < 4.78 is 24.8. The van der Waals surface area contributed by atoms with Crippen molar-refractivity contribution in [3.63, 3.8) is 0 Å². The molecule has 0 aliphatic heterocycles. The lowest BCUT2D eigenvalue weighted by Crippen LogP contribution is -2.07. The maximum absolute atomic E-state index is 11.3. The summed E-state index contributed by atoms with van der Waals surface area (Å²) in [4.78, 5) is 0. The number of halogens is 1. The highest BCUT2D eigenvalue weighted by atomic mass is 35.5. The Morgan fingerprint density at radius 3 is 2.48 bits per heavy atom. The maximum atomic E-state index is 11.3. The average molecular weight is 402 g/mol. The van der Waals surface area contributed by atoms with Gasteiger partial charge in [0.25, 0.3) is 0 Å². The molecule has 0 unspecified atom stereocenters. The molecule has 8 heteroatoms. The molecule has 0 spiro atoms. The second-order valence-corrected chi connectivity index (χ2v) is 9.76. The number of hydrogen-bond acceptors (Lipinski definition) is 5. The van der Waals surface area contributed by atoms with Crippen molar-refractivity contribution in [2.75, 3.05) is 17.8 Å². The first-order chi connectivity index (χ1) is 11.9. The number of aromatic nitrogens is 3. The number of nitrogens with zero attached hydrogens (tertiary/aromatic N) is 3. The van der Waals surface area contributed by atoms with Crippen LogP contribution in [0.15, 0.2) is 29.4 Å². The molecule has 25 heavy (non-hydrogen) atoms. The van der Waals surface area contributed by atoms with E-state index in [2.05, 4.69) is 21.7 Å². The quantitative estimate of drug-likeness (QED) is 0.438. The molecular formula is C17H24ClN3O2S2. The van der Waals surface area contributed by atoms with Crippen LogP contribution in [-0.2, 0) is 16.4 Å². The topological polar surface area (TPSA) is 64.8 Å². The van der Waals surface area contributed by atoms with E-state index in [1.54, 1.807) is 0 Å². The Balaban J connectivity index is 2.18. The van der Waals surface area contributed by atoms with Crippen LogP contribution in [0.5, 0.6) is 0 Å². The number of sulfone groups is 1. The van der Waals surface area contributed by atoms with Crippen molar-refractivity contribution < 1.29 is 8.42 Å². The Hall–Kier alpha value is -1.05. The Kier molecular flexibility index (Phi) is 7.78. The lowest BCUT2D eigenvalue weighted by molar-refractivity contribution is 0.556. The van der Waals surface area contributed by atoms with Crippen molar-refractivity contribution in [2.45, 2.75) is 44.3 Å². The van der Waals surface area contributed by atoms with E-state index in [1.165, 1.54) is 30.9 Å². The molecule has 1 heterocycles. The smallest absolute Gasteiger partial charge is 0.191 e. The molecule has 0 atom stereocenters. The van der Waals surface area contributed by atoms with Gasteiger partial charge >= 0.3 is 0 Å². The summed E-state index contributed by atoms with van der Waals surface area (Å²) in [5.41, 5.74) is 0.961. The highest BCUT2D eigenvalue weighted by Gasteiger charge is 2.15. The number of unbranched alkanes of at least 4 members (excludes halogenated alkanes) is 3. The maximum Gasteiger partial charge on any atom is 0.191 e. The SMILES string of the molecule is CCCCCCn1c(SCCS(C)(=O)=O)nnc1-c1ccc(Cl)cc1. The van der Waals surface area contributed by atoms with Crippen molar-refractivity contribution in [3.05, 3.63) is 29.3 Å². The lowest BCUT2D eigenvalue weighted by atomic mass is 10.2. The van der Waals surface area contributed by atoms with Crippen LogP contribution in [0.3, 0.4) is 0 Å². The van der Waals surface area contributed by atoms with E-state index in [4.69, 9.17) is 11.6 Å². The second-order valence-electron chi connectivity index (χ2n) is 6.00. The minimum atomic E-state index is -2.97. The first-order valence-corrected chi connectivity index (χ1v) is 11.8. The van der Waals surface area contributed by atoms with Gasteiger partial charge in [0.05, 0.1) is 5.75 Å². The van der Waals surface area contributed by atoms with Gasteiger partial charge in [0.1, 0.15) is 9.84 Å². The van der Waals surface area contributed by atoms with Gasteiger partial charge in [-0.3, -0.25) is 0 Å². The molecule has 0 bridgehead atoms. The molecule has 1 aromatic heterocycles. The molecule has 0 N–H and O–H groups in total. The molecule has 0 aliphatic carbocycles. The van der Waals surface area contributed by atoms with Gasteiger partial charge in [-0.15, -0.1) is 10.2 Å². The molecular weight excluding hydrogens is 378 g/mol. The normalized spacial score (nSPS) is 11.8. The first-order valence-electron chi connectivity index (χ1n) is 8.40. The number of thioether (sulfide) groups is 1. The molecule has 0 fully saturated rings. The fourth-order valence-electron chi connectivity index (χ4n) is 2.39. The molecule has 0 radical (unpaired) electrons. The van der Waals surface area contributed by atoms with Crippen molar-refractivity contribution in [1.29, 1.82) is 0 Å². The summed E-state index contributed by atoms with van der Waals surface area (Å²) in [5.74, 6) is 1.42. The molecule has 0 aliphatic rings. The van der Waals surface area contributed by atoms with Crippen LogP contribution >= 0.6 is 23.4 Å². The van der Waals surface area contributed by atoms with Crippen LogP contribution in [0.4, 0.5) is 0 Å². The molecule has 138 valence electrons. The largest absolute Gasteiger partial charge is 0.302 e. The second kappa shape index (κ2) is 9.59. The summed E-state index contributed by atoms with van der Waals surface area (Å²) in [5, 5.41) is 10.1. The van der Waals surface area contributed by atoms with E-state index in [1.807, 2.05) is 24.3 Å². The summed E-state index contributed by atoms with van der Waals surface area (Å²) >= 11 is 7.41. The fraction of sp³-hybridized carbons (Fsp3) is 0.529. The van der Waals surface area contributed by atoms with Crippen molar-refractivity contribution in [2.24, 2.45) is 0 Å². The predicted octanol–water partition coefficient (Wildman–Crippen LogP) is 4.32. The van der Waals surface area contributed by atoms with E-state index in [-0.39, 0.29) is 5.75 Å². The summed E-state index contributed by atoms with van der Waals surface area (Å²) in [6.45, 7) is 3.01. The third-order valence-corrected chi connectivity index (χ3v) is 6.16. The zero-order valence-corrected chi connectivity index (χ0v) is 17.0. The molecule has 1 aromatic carbocycles. The van der Waals surface area contributed by atoms with E-state index >= 15 is 0 Å². The van der Waals surface area contributed by atoms with Gasteiger partial charge in [0, 0.05) is 29.1 Å². The standard InChI is InChI=1S/C17H24ClN3O2S2/c1-3-4-5-6-11-21-16(14-7-9-15(18)10-8-14)19-20-17(21)24-12-13-25(2,22)23/h7-10H,3-6,11-13H2,1-2H3. The molecule has 5 nitrogen and oxygen atoms in total. The summed E-state index contributed by atoms with van der Waals surface area (Å²) in [6, 6.07) is 7.53. The summed E-state index contributed by atoms with van der Waals surface area (Å²) in [7, 11) is -2.97. The van der Waals surface area contributed by atoms with E-state index in [0.717, 1.165) is 35.9 Å². The fourth-order valence-corrected chi connectivity index (χ4v) is 4.68. The Morgan fingerprint density at radius 2 is 1.84 bits per heavy atom. The van der Waals surface area contributed by atoms with Crippen molar-refractivity contribution in [1.82, 2.24) is 14.8 Å². The van der Waals surface area contributed by atoms with Gasteiger partial charge in [-0.1, -0.05) is 49.5 Å². The van der Waals surface area contributed by atoms with Crippen LogP contribution in [-0.4, -0.2) is 40.9 Å². The van der Waals surface area contributed by atoms with E-state index < -0.39 is 9.84 Å². The lowest BCUT2D eigenvalue weighted by Gasteiger charge is -2.10. The molecule has 0 amide bonds. The van der Waals surface area contributed by atoms with Gasteiger partial charge in [-0.25, -0.2) is 8.42 Å². The van der Waals surface area contributed by atoms with Crippen LogP contribution < -0.4 is 0 Å². The predicted molar refractivity (Wildman–Crippen MR) is 105 cm³/mol. The number of benzene rings is 1. The van der Waals surface area contributed by atoms with Crippen LogP contribution in [0.25, 0.3) is 11.4 Å². The Labute approximate surface area is 159 Å². The van der Waals surface area contributed by atoms with E-state index in [9.17, 15) is 8.42 Å². The van der Waals surface area contributed by atoms with Gasteiger partial charge < -0.3 is 4.57 Å². The van der Waals surface area contributed by atoms with Crippen LogP contribution in [0, 0.1) is 0 Å². The third kappa shape index (κ3) is 6.64. The third-order valence-electron chi connectivity index (χ3n) is 3.74. The number of rotatable bonds is 10. The Bertz CT molecular complexity index is 774. The monoisotopic (exact) mass is 401 g/mol. The minimum absolute atomic E-state index is 0.136. The van der Waals surface area contributed by atoms with Gasteiger partial charge in [0.15, 0.2) is 11.0 Å². The van der Waals surface area contributed by atoms with E-state index in [0.29, 0.717) is 10.8 Å². The van der Waals surface area contributed by atoms with Crippen molar-refractivity contribution >= 4 is 33.2 Å². The van der Waals surface area contributed by atoms with Crippen LogP contribution in [0.2, 0.25) is 5.02 Å². The number of hydrogen-bond donors (Lipinski definition) is 0. The molecule has 2 aromatic rings. The zero-order valence-electron chi connectivity index (χ0n) is 14.6. The molecule has 0 saturated heterocycles. The van der Waals surface area contributed by atoms with Crippen molar-refractivity contribution in [3.8, 4) is 11.4 Å². The molecule has 2 rings (SSSR count). The van der Waals surface area contributed by atoms with Gasteiger partial charge in [-0.2, -0.15) is 0 Å². The highest BCUT2D eigenvalue weighted by molar-refractivity contribution is 8.00. The first kappa shape index (κ1) is 20.3. The Morgan fingerprint density at radius 1 is 1.12 bits per heavy atom. The zero-order chi connectivity index (χ0) is 18.3. The van der Waals surface area contributed by atoms with Gasteiger partial charge in [-0.05, 0) is 30.7 Å². The highest BCUT2D eigenvalue weighted by Crippen LogP contribution is 2.26. The minimum Gasteiger partial charge on any atom is -0.302 e. The van der Waals surface area contributed by atoms with Gasteiger partial charge in [0.2, 0.25) is 0 Å². The van der Waals surface area contributed by atoms with Crippen LogP contribution in [0.1, 0.15) is 32.6 Å². The summed E-state index contributed by atoms with van der Waals surface area (Å²) in [6.07, 6.45) is 5.84.